The topological polar surface area (TPSA) is 0 Å². The molecule has 0 saturated heterocycles. The molecule has 78 valence electrons. The Morgan fingerprint density at radius 3 is 1.53 bits per heavy atom. The summed E-state index contributed by atoms with van der Waals surface area (Å²) in [5.74, 6) is 1.21. The van der Waals surface area contributed by atoms with E-state index in [2.05, 4.69) is 31.9 Å². The van der Waals surface area contributed by atoms with Gasteiger partial charge in [-0.1, -0.05) is 6.08 Å². The van der Waals surface area contributed by atoms with Gasteiger partial charge in [-0.3, -0.25) is 0 Å². The summed E-state index contributed by atoms with van der Waals surface area (Å²) in [7, 11) is 0. The Labute approximate surface area is 121 Å². The van der Waals surface area contributed by atoms with Gasteiger partial charge in [-0.25, -0.2) is 0 Å². The van der Waals surface area contributed by atoms with Crippen LogP contribution in [0.2, 0.25) is 0 Å². The summed E-state index contributed by atoms with van der Waals surface area (Å²) >= 11 is 6.55. The summed E-state index contributed by atoms with van der Waals surface area (Å²) in [5.41, 5.74) is 0. The third kappa shape index (κ3) is 8.97. The molecule has 0 unspecified atom stereocenters. The molecule has 0 N–H and O–H groups in total. The Morgan fingerprint density at radius 2 is 1.20 bits per heavy atom. The van der Waals surface area contributed by atoms with Crippen LogP contribution in [-0.4, -0.2) is 0 Å². The molecular weight excluding hydrogens is 360 g/mol. The summed E-state index contributed by atoms with van der Waals surface area (Å²) in [6.07, 6.45) is 20.1. The number of rotatable bonds is 1. The molecule has 2 fully saturated rings. The smallest absolute Gasteiger partial charge is 0.0555 e. The van der Waals surface area contributed by atoms with Crippen LogP contribution in [0.3, 0.4) is 0 Å². The van der Waals surface area contributed by atoms with Gasteiger partial charge in [-0.2, -0.15) is 0 Å². The molecule has 2 aliphatic rings. The first-order valence-electron chi connectivity index (χ1n) is 4.20. The van der Waals surface area contributed by atoms with E-state index in [0.29, 0.717) is 0 Å². The molecule has 2 aliphatic carbocycles. The van der Waals surface area contributed by atoms with E-state index in [0.717, 1.165) is 3.39 Å². The molecule has 0 nitrogen and oxygen atoms in total. The van der Waals surface area contributed by atoms with Crippen LogP contribution in [0, 0.1) is 63.7 Å². The number of halogens is 2. The van der Waals surface area contributed by atoms with Crippen LogP contribution in [0.1, 0.15) is 0 Å². The predicted molar refractivity (Wildman–Crippen MR) is 67.9 cm³/mol. The van der Waals surface area contributed by atoms with E-state index in [-0.39, 0.29) is 17.1 Å². The van der Waals surface area contributed by atoms with Gasteiger partial charge < -0.3 is 0 Å². The van der Waals surface area contributed by atoms with Crippen molar-refractivity contribution in [2.45, 2.75) is 0 Å². The van der Waals surface area contributed by atoms with Crippen LogP contribution in [0.15, 0.2) is 9.47 Å². The Balaban J connectivity index is 0.000000280. The van der Waals surface area contributed by atoms with Crippen LogP contribution in [0.4, 0.5) is 0 Å². The van der Waals surface area contributed by atoms with Gasteiger partial charge in [0, 0.05) is 5.92 Å². The Hall–Kier alpha value is 1.22. The van der Waals surface area contributed by atoms with Gasteiger partial charge in [-0.15, -0.1) is 0 Å². The minimum atomic E-state index is 0. The molecule has 0 bridgehead atoms. The number of hydrogen-bond acceptors (Lipinski definition) is 0. The summed E-state index contributed by atoms with van der Waals surface area (Å²) in [5, 5.41) is 0. The van der Waals surface area contributed by atoms with Crippen molar-refractivity contribution in [2.75, 3.05) is 0 Å². The molecule has 15 heavy (non-hydrogen) atoms. The Bertz CT molecular complexity index is 159. The average Bonchev–Trinajstić information content (AvgIpc) is 2.75. The van der Waals surface area contributed by atoms with Crippen LogP contribution in [-0.2, 0) is 17.1 Å². The molecule has 2 saturated carbocycles. The van der Waals surface area contributed by atoms with E-state index < -0.39 is 0 Å². The Morgan fingerprint density at radius 1 is 0.800 bits per heavy atom. The summed E-state index contributed by atoms with van der Waals surface area (Å²) in [6, 6.07) is 0. The summed E-state index contributed by atoms with van der Waals surface area (Å²) in [6.45, 7) is 0. The monoisotopic (exact) mass is 368 g/mol. The van der Waals surface area contributed by atoms with Crippen molar-refractivity contribution in [1.82, 2.24) is 0 Å². The first kappa shape index (κ1) is 16.2. The molecule has 0 heterocycles. The average molecular weight is 370 g/mol. The van der Waals surface area contributed by atoms with Gasteiger partial charge in [0.15, 0.2) is 0 Å². The third-order valence-corrected chi connectivity index (χ3v) is 1.98. The fraction of sp³-hybridized carbons (Fsp3) is 0. The van der Waals surface area contributed by atoms with E-state index in [9.17, 15) is 0 Å². The fourth-order valence-corrected chi connectivity index (χ4v) is 1.46. The zero-order chi connectivity index (χ0) is 10.2. The normalized spacial score (nSPS) is 20.1. The maximum atomic E-state index is 3.27. The van der Waals surface area contributed by atoms with Crippen molar-refractivity contribution in [2.24, 2.45) is 0 Å². The molecule has 0 aromatic carbocycles. The molecule has 0 aromatic heterocycles. The van der Waals surface area contributed by atoms with Gasteiger partial charge >= 0.3 is 17.1 Å². The maximum Gasteiger partial charge on any atom is 2.00 e. The van der Waals surface area contributed by atoms with Crippen LogP contribution in [0.25, 0.3) is 0 Å². The molecule has 3 heteroatoms. The standard InChI is InChI=1S/C7H5Br2.C5H5.Fe/c8-7(9)5-6-3-1-2-4-6;1-2-4-5-3-1;/h1-5H;1-5H;/q;;+2. The molecule has 0 aliphatic heterocycles. The van der Waals surface area contributed by atoms with Crippen LogP contribution < -0.4 is 0 Å². The quantitative estimate of drug-likeness (QED) is 0.612. The largest absolute Gasteiger partial charge is 2.00 e. The van der Waals surface area contributed by atoms with E-state index in [1.54, 1.807) is 0 Å². The van der Waals surface area contributed by atoms with Crippen molar-refractivity contribution in [1.29, 1.82) is 0 Å². The molecule has 0 amide bonds. The van der Waals surface area contributed by atoms with Crippen molar-refractivity contribution >= 4 is 31.9 Å². The van der Waals surface area contributed by atoms with Crippen LogP contribution in [0.5, 0.6) is 0 Å². The Kier molecular flexibility index (Phi) is 11.2. The van der Waals surface area contributed by atoms with Crippen LogP contribution >= 0.6 is 31.9 Å². The first-order valence-corrected chi connectivity index (χ1v) is 5.79. The summed E-state index contributed by atoms with van der Waals surface area (Å²) < 4.78 is 0.973. The second kappa shape index (κ2) is 10.4. The van der Waals surface area contributed by atoms with E-state index >= 15 is 0 Å². The van der Waals surface area contributed by atoms with Gasteiger partial charge in [0.25, 0.3) is 0 Å². The molecular formula is C12H10Br2Fe+2. The minimum absolute atomic E-state index is 0. The van der Waals surface area contributed by atoms with Gasteiger partial charge in [-0.05, 0) is 89.6 Å². The van der Waals surface area contributed by atoms with E-state index in [1.165, 1.54) is 5.92 Å². The molecule has 10 radical (unpaired) electrons. The maximum absolute atomic E-state index is 3.27. The van der Waals surface area contributed by atoms with Crippen molar-refractivity contribution in [3.8, 4) is 0 Å². The molecule has 0 aromatic rings. The van der Waals surface area contributed by atoms with Crippen molar-refractivity contribution < 1.29 is 17.1 Å². The molecule has 2 rings (SSSR count). The van der Waals surface area contributed by atoms with Crippen molar-refractivity contribution in [3.63, 3.8) is 0 Å². The first-order chi connectivity index (χ1) is 6.79. The molecule has 0 spiro atoms. The number of allylic oxidation sites excluding steroid dienone is 1. The molecule has 0 atom stereocenters. The van der Waals surface area contributed by atoms with Gasteiger partial charge in [0.05, 0.1) is 3.39 Å². The zero-order valence-electron chi connectivity index (χ0n) is 7.88. The fourth-order valence-electron chi connectivity index (χ4n) is 0.932. The van der Waals surface area contributed by atoms with Gasteiger partial charge in [0.1, 0.15) is 0 Å². The minimum Gasteiger partial charge on any atom is -0.0555 e. The number of hydrogen-bond donors (Lipinski definition) is 0. The summed E-state index contributed by atoms with van der Waals surface area (Å²) in [4.78, 5) is 0. The zero-order valence-corrected chi connectivity index (χ0v) is 12.2. The third-order valence-electron chi connectivity index (χ3n) is 1.52. The SMILES string of the molecule is BrC(Br)=C[C]1[CH][CH][CH][CH]1.[CH]1[CH][CH][CH][CH]1.[Fe+2]. The second-order valence-corrected chi connectivity index (χ2v) is 5.39. The van der Waals surface area contributed by atoms with Crippen molar-refractivity contribution in [3.05, 3.63) is 73.2 Å². The van der Waals surface area contributed by atoms with E-state index in [1.807, 2.05) is 63.9 Å². The van der Waals surface area contributed by atoms with Gasteiger partial charge in [0.2, 0.25) is 0 Å². The predicted octanol–water partition coefficient (Wildman–Crippen LogP) is 4.04. The van der Waals surface area contributed by atoms with E-state index in [4.69, 9.17) is 0 Å². The second-order valence-electron chi connectivity index (χ2n) is 2.61.